The number of hydrogen-bond donors (Lipinski definition) is 1. The molecule has 116 valence electrons. The van der Waals surface area contributed by atoms with Crippen LogP contribution >= 0.6 is 0 Å². The minimum Gasteiger partial charge on any atom is -0.468 e. The van der Waals surface area contributed by atoms with E-state index < -0.39 is 11.9 Å². The van der Waals surface area contributed by atoms with E-state index in [0.717, 1.165) is 4.57 Å². The largest absolute Gasteiger partial charge is 0.468 e. The lowest BCUT2D eigenvalue weighted by molar-refractivity contribution is -0.128. The maximum absolute atomic E-state index is 12.0. The first-order valence-electron chi connectivity index (χ1n) is 6.68. The fraction of sp³-hybridized carbons (Fsp3) is 0.571. The molecule has 0 aliphatic heterocycles. The summed E-state index contributed by atoms with van der Waals surface area (Å²) >= 11 is 0. The number of aryl methyl sites for hydroxylation is 1. The zero-order chi connectivity index (χ0) is 16.2. The minimum absolute atomic E-state index is 0.0267. The molecule has 1 N–H and O–H groups in total. The summed E-state index contributed by atoms with van der Waals surface area (Å²) in [4.78, 5) is 39.5. The lowest BCUT2D eigenvalue weighted by Crippen LogP contribution is -2.45. The Morgan fingerprint density at radius 1 is 1.43 bits per heavy atom. The van der Waals surface area contributed by atoms with Crippen LogP contribution in [-0.2, 0) is 16.1 Å². The average molecular weight is 295 g/mol. The number of ketones is 1. The number of rotatable bonds is 6. The molecule has 0 fully saturated rings. The predicted molar refractivity (Wildman–Crippen MR) is 77.2 cm³/mol. The molecule has 1 amide bonds. The van der Waals surface area contributed by atoms with Crippen molar-refractivity contribution in [2.75, 3.05) is 7.11 Å². The van der Waals surface area contributed by atoms with Crippen molar-refractivity contribution in [3.63, 3.8) is 0 Å². The van der Waals surface area contributed by atoms with Crippen LogP contribution in [0.4, 0.5) is 0 Å². The zero-order valence-corrected chi connectivity index (χ0v) is 13.0. The van der Waals surface area contributed by atoms with E-state index in [1.54, 1.807) is 6.92 Å². The van der Waals surface area contributed by atoms with E-state index >= 15 is 0 Å². The van der Waals surface area contributed by atoms with Gasteiger partial charge in [-0.1, -0.05) is 13.8 Å². The average Bonchev–Trinajstić information content (AvgIpc) is 2.38. The van der Waals surface area contributed by atoms with Crippen molar-refractivity contribution in [3.05, 3.63) is 22.1 Å². The van der Waals surface area contributed by atoms with Crippen molar-refractivity contribution in [2.24, 2.45) is 5.92 Å². The van der Waals surface area contributed by atoms with E-state index in [1.807, 2.05) is 13.8 Å². The van der Waals surface area contributed by atoms with Gasteiger partial charge in [-0.3, -0.25) is 19.0 Å². The van der Waals surface area contributed by atoms with Gasteiger partial charge in [0.25, 0.3) is 11.6 Å². The third-order valence-electron chi connectivity index (χ3n) is 3.01. The first-order chi connectivity index (χ1) is 9.76. The van der Waals surface area contributed by atoms with Crippen molar-refractivity contribution >= 4 is 11.7 Å². The second kappa shape index (κ2) is 7.01. The third kappa shape index (κ3) is 4.40. The van der Waals surface area contributed by atoms with Crippen LogP contribution in [0.2, 0.25) is 0 Å². The highest BCUT2D eigenvalue weighted by Gasteiger charge is 2.21. The Morgan fingerprint density at radius 3 is 2.52 bits per heavy atom. The molecule has 1 aromatic heterocycles. The van der Waals surface area contributed by atoms with E-state index in [1.165, 1.54) is 20.1 Å². The Balaban J connectivity index is 2.94. The van der Waals surface area contributed by atoms with Crippen LogP contribution in [0.5, 0.6) is 6.01 Å². The summed E-state index contributed by atoms with van der Waals surface area (Å²) in [6.07, 6.45) is 0. The summed E-state index contributed by atoms with van der Waals surface area (Å²) in [7, 11) is 1.38. The second-order valence-electron chi connectivity index (χ2n) is 5.21. The van der Waals surface area contributed by atoms with Gasteiger partial charge in [0.2, 0.25) is 5.91 Å². The number of amides is 1. The van der Waals surface area contributed by atoms with Crippen molar-refractivity contribution < 1.29 is 14.3 Å². The first kappa shape index (κ1) is 16.9. The number of hydrogen-bond acceptors (Lipinski definition) is 5. The summed E-state index contributed by atoms with van der Waals surface area (Å²) in [5.74, 6) is -0.587. The third-order valence-corrected chi connectivity index (χ3v) is 3.01. The van der Waals surface area contributed by atoms with Gasteiger partial charge >= 0.3 is 0 Å². The molecule has 0 radical (unpaired) electrons. The van der Waals surface area contributed by atoms with Crippen molar-refractivity contribution in [2.45, 2.75) is 40.3 Å². The molecule has 0 aromatic carbocycles. The number of nitrogens with zero attached hydrogens (tertiary/aromatic N) is 2. The number of nitrogens with one attached hydrogen (secondary N) is 1. The maximum atomic E-state index is 12.0. The maximum Gasteiger partial charge on any atom is 0.299 e. The van der Waals surface area contributed by atoms with Crippen LogP contribution < -0.4 is 15.6 Å². The van der Waals surface area contributed by atoms with Gasteiger partial charge in [-0.05, 0) is 19.8 Å². The molecule has 7 heteroatoms. The topological polar surface area (TPSA) is 90.3 Å². The van der Waals surface area contributed by atoms with E-state index in [9.17, 15) is 14.4 Å². The number of ether oxygens (including phenoxy) is 1. The van der Waals surface area contributed by atoms with Gasteiger partial charge in [0.1, 0.15) is 6.54 Å². The molecule has 1 heterocycles. The molecule has 1 atom stereocenters. The minimum atomic E-state index is -0.572. The summed E-state index contributed by atoms with van der Waals surface area (Å²) in [5, 5.41) is 2.63. The molecule has 7 nitrogen and oxygen atoms in total. The van der Waals surface area contributed by atoms with Crippen LogP contribution in [0.15, 0.2) is 10.9 Å². The van der Waals surface area contributed by atoms with E-state index in [-0.39, 0.29) is 29.8 Å². The highest BCUT2D eigenvalue weighted by atomic mass is 16.5. The first-order valence-corrected chi connectivity index (χ1v) is 6.68. The lowest BCUT2D eigenvalue weighted by atomic mass is 10.0. The highest BCUT2D eigenvalue weighted by molar-refractivity contribution is 5.87. The molecule has 0 saturated carbocycles. The predicted octanol–water partition coefficient (Wildman–Crippen LogP) is 0.290. The van der Waals surface area contributed by atoms with Gasteiger partial charge in [0.05, 0.1) is 13.2 Å². The molecule has 1 aromatic rings. The Bertz CT molecular complexity index is 592. The number of Topliss-reactive ketones (excluding diaryl/α,β-unsaturated/α-hetero) is 1. The molecule has 21 heavy (non-hydrogen) atoms. The molecule has 0 saturated heterocycles. The summed E-state index contributed by atoms with van der Waals surface area (Å²) in [5.41, 5.74) is 0.135. The highest BCUT2D eigenvalue weighted by Crippen LogP contribution is 2.06. The van der Waals surface area contributed by atoms with Crippen molar-refractivity contribution in [3.8, 4) is 6.01 Å². The second-order valence-corrected chi connectivity index (χ2v) is 5.21. The Morgan fingerprint density at radius 2 is 2.05 bits per heavy atom. The Labute approximate surface area is 123 Å². The molecule has 0 aliphatic carbocycles. The van der Waals surface area contributed by atoms with Gasteiger partial charge in [0.15, 0.2) is 5.78 Å². The van der Waals surface area contributed by atoms with Gasteiger partial charge in [-0.2, -0.15) is 0 Å². The summed E-state index contributed by atoms with van der Waals surface area (Å²) in [6, 6.07) is 0.817. The van der Waals surface area contributed by atoms with E-state index in [4.69, 9.17) is 4.74 Å². The number of carbonyl (C=O) groups is 2. The van der Waals surface area contributed by atoms with E-state index in [2.05, 4.69) is 10.3 Å². The molecule has 0 bridgehead atoms. The Kier molecular flexibility index (Phi) is 5.63. The number of methoxy groups -OCH3 is 1. The molecule has 0 aliphatic rings. The molecule has 0 spiro atoms. The zero-order valence-electron chi connectivity index (χ0n) is 13.0. The fourth-order valence-corrected chi connectivity index (χ4v) is 2.00. The van der Waals surface area contributed by atoms with Crippen LogP contribution in [0, 0.1) is 12.8 Å². The van der Waals surface area contributed by atoms with Gasteiger partial charge in [-0.25, -0.2) is 4.98 Å². The Hall–Kier alpha value is -2.18. The molecular formula is C14H21N3O4. The monoisotopic (exact) mass is 295 g/mol. The van der Waals surface area contributed by atoms with Crippen LogP contribution in [0.25, 0.3) is 0 Å². The van der Waals surface area contributed by atoms with Gasteiger partial charge < -0.3 is 10.1 Å². The molecule has 1 rings (SSSR count). The SMILES string of the molecule is COc1nc(C)cc(=O)n1CC(=O)NC(C(C)=O)C(C)C. The molecular weight excluding hydrogens is 274 g/mol. The quantitative estimate of drug-likeness (QED) is 0.814. The smallest absolute Gasteiger partial charge is 0.299 e. The summed E-state index contributed by atoms with van der Waals surface area (Å²) < 4.78 is 6.14. The van der Waals surface area contributed by atoms with Gasteiger partial charge in [0, 0.05) is 11.8 Å². The van der Waals surface area contributed by atoms with Crippen LogP contribution in [0.3, 0.4) is 0 Å². The number of aromatic nitrogens is 2. The van der Waals surface area contributed by atoms with Crippen LogP contribution in [0.1, 0.15) is 26.5 Å². The molecule has 1 unspecified atom stereocenters. The van der Waals surface area contributed by atoms with E-state index in [0.29, 0.717) is 5.69 Å². The van der Waals surface area contributed by atoms with Crippen molar-refractivity contribution in [1.82, 2.24) is 14.9 Å². The van der Waals surface area contributed by atoms with Crippen molar-refractivity contribution in [1.29, 1.82) is 0 Å². The fourth-order valence-electron chi connectivity index (χ4n) is 2.00. The normalized spacial score (nSPS) is 12.1. The van der Waals surface area contributed by atoms with Gasteiger partial charge in [-0.15, -0.1) is 0 Å². The number of carbonyl (C=O) groups excluding carboxylic acids is 2. The standard InChI is InChI=1S/C14H21N3O4/c1-8(2)13(10(4)18)16-11(19)7-17-12(20)6-9(3)15-14(17)21-5/h6,8,13H,7H2,1-5H3,(H,16,19). The van der Waals surface area contributed by atoms with Crippen LogP contribution in [-0.4, -0.2) is 34.4 Å². The summed E-state index contributed by atoms with van der Waals surface area (Å²) in [6.45, 7) is 6.52. The lowest BCUT2D eigenvalue weighted by Gasteiger charge is -2.20.